The zero-order valence-electron chi connectivity index (χ0n) is 20.6. The van der Waals surface area contributed by atoms with Gasteiger partial charge in [0.05, 0.1) is 5.92 Å². The van der Waals surface area contributed by atoms with Crippen LogP contribution in [0.4, 0.5) is 4.79 Å². The molecule has 1 aliphatic heterocycles. The van der Waals surface area contributed by atoms with Gasteiger partial charge >= 0.3 is 6.03 Å². The molecule has 2 atom stereocenters. The van der Waals surface area contributed by atoms with Gasteiger partial charge in [-0.25, -0.2) is 4.79 Å². The first-order valence-electron chi connectivity index (χ1n) is 12.3. The molecule has 1 aliphatic carbocycles. The summed E-state index contributed by atoms with van der Waals surface area (Å²) in [5.74, 6) is -0.245. The standard InChI is InChI=1S/C26H39N3O4/c1-18-15-19(2)22(20(3)16-18)17-29-23-10-6-5-9-21(23)25(31)28(26(29)32)13-7-11-24(30)27-12-8-14-33-4/h15-16,21,23H,5-14,17H2,1-4H3,(H,27,30). The second kappa shape index (κ2) is 11.6. The van der Waals surface area contributed by atoms with Crippen LogP contribution in [0.15, 0.2) is 12.1 Å². The maximum absolute atomic E-state index is 13.5. The van der Waals surface area contributed by atoms with E-state index < -0.39 is 0 Å². The van der Waals surface area contributed by atoms with Crippen molar-refractivity contribution in [1.29, 1.82) is 0 Å². The molecule has 7 heteroatoms. The summed E-state index contributed by atoms with van der Waals surface area (Å²) in [4.78, 5) is 42.2. The third-order valence-corrected chi connectivity index (χ3v) is 6.99. The summed E-state index contributed by atoms with van der Waals surface area (Å²) >= 11 is 0. The second-order valence-electron chi connectivity index (χ2n) is 9.54. The van der Waals surface area contributed by atoms with Crippen LogP contribution in [0.3, 0.4) is 0 Å². The maximum atomic E-state index is 13.5. The van der Waals surface area contributed by atoms with E-state index >= 15 is 0 Å². The minimum atomic E-state index is -0.206. The number of urea groups is 1. The molecule has 1 aromatic carbocycles. The third-order valence-electron chi connectivity index (χ3n) is 6.99. The molecular weight excluding hydrogens is 418 g/mol. The summed E-state index contributed by atoms with van der Waals surface area (Å²) in [7, 11) is 1.63. The highest BCUT2D eigenvalue weighted by molar-refractivity contribution is 5.98. The number of nitrogens with zero attached hydrogens (tertiary/aromatic N) is 2. The van der Waals surface area contributed by atoms with Gasteiger partial charge in [0, 0.05) is 45.8 Å². The molecule has 3 rings (SSSR count). The van der Waals surface area contributed by atoms with Crippen LogP contribution in [0, 0.1) is 26.7 Å². The van der Waals surface area contributed by atoms with Crippen molar-refractivity contribution in [3.63, 3.8) is 0 Å². The van der Waals surface area contributed by atoms with E-state index in [1.807, 2.05) is 4.90 Å². The number of nitrogens with one attached hydrogen (secondary N) is 1. The Morgan fingerprint density at radius 1 is 1.09 bits per heavy atom. The molecule has 1 saturated heterocycles. The molecule has 1 N–H and O–H groups in total. The van der Waals surface area contributed by atoms with Crippen LogP contribution >= 0.6 is 0 Å². The fraction of sp³-hybridized carbons (Fsp3) is 0.654. The van der Waals surface area contributed by atoms with Crippen molar-refractivity contribution < 1.29 is 19.1 Å². The first-order chi connectivity index (χ1) is 15.8. The van der Waals surface area contributed by atoms with Gasteiger partial charge < -0.3 is 15.0 Å². The van der Waals surface area contributed by atoms with Crippen LogP contribution in [-0.4, -0.2) is 60.5 Å². The Kier molecular flexibility index (Phi) is 8.89. The van der Waals surface area contributed by atoms with Crippen LogP contribution in [-0.2, 0) is 20.9 Å². The summed E-state index contributed by atoms with van der Waals surface area (Å²) in [6.07, 6.45) is 5.32. The zero-order valence-corrected chi connectivity index (χ0v) is 20.6. The van der Waals surface area contributed by atoms with Crippen LogP contribution in [0.1, 0.15) is 67.2 Å². The summed E-state index contributed by atoms with van der Waals surface area (Å²) < 4.78 is 4.99. The SMILES string of the molecule is COCCCNC(=O)CCCN1C(=O)C2CCCCC2N(Cc2c(C)cc(C)cc2C)C1=O. The Morgan fingerprint density at radius 2 is 1.79 bits per heavy atom. The normalized spacial score (nSPS) is 20.7. The van der Waals surface area contributed by atoms with Gasteiger partial charge in [0.25, 0.3) is 0 Å². The molecule has 1 aromatic rings. The number of fused-ring (bicyclic) bond motifs is 1. The highest BCUT2D eigenvalue weighted by Crippen LogP contribution is 2.36. The number of carbonyl (C=O) groups excluding carboxylic acids is 3. The first-order valence-corrected chi connectivity index (χ1v) is 12.3. The van der Waals surface area contributed by atoms with Gasteiger partial charge in [-0.05, 0) is 63.1 Å². The Morgan fingerprint density at radius 3 is 2.48 bits per heavy atom. The smallest absolute Gasteiger partial charge is 0.327 e. The van der Waals surface area contributed by atoms with E-state index in [0.29, 0.717) is 32.5 Å². The topological polar surface area (TPSA) is 79.0 Å². The van der Waals surface area contributed by atoms with E-state index in [1.54, 1.807) is 7.11 Å². The highest BCUT2D eigenvalue weighted by atomic mass is 16.5. The number of hydrogen-bond acceptors (Lipinski definition) is 4. The predicted octanol–water partition coefficient (Wildman–Crippen LogP) is 3.87. The number of benzene rings is 1. The summed E-state index contributed by atoms with van der Waals surface area (Å²) in [6, 6.07) is 4.08. The number of aryl methyl sites for hydroxylation is 3. The molecule has 2 fully saturated rings. The molecule has 1 heterocycles. The number of amides is 4. The Labute approximate surface area is 197 Å². The van der Waals surface area contributed by atoms with E-state index in [1.165, 1.54) is 27.2 Å². The summed E-state index contributed by atoms with van der Waals surface area (Å²) in [5, 5.41) is 2.86. The maximum Gasteiger partial charge on any atom is 0.327 e. The number of hydrogen-bond donors (Lipinski definition) is 1. The molecule has 182 valence electrons. The number of ether oxygens (including phenoxy) is 1. The van der Waals surface area contributed by atoms with Crippen LogP contribution in [0.2, 0.25) is 0 Å². The quantitative estimate of drug-likeness (QED) is 0.541. The lowest BCUT2D eigenvalue weighted by Gasteiger charge is -2.47. The number of carbonyl (C=O) groups is 3. The molecule has 2 unspecified atom stereocenters. The van der Waals surface area contributed by atoms with E-state index in [4.69, 9.17) is 4.74 Å². The van der Waals surface area contributed by atoms with Gasteiger partial charge in [-0.2, -0.15) is 0 Å². The number of rotatable bonds is 10. The van der Waals surface area contributed by atoms with Crippen LogP contribution in [0.25, 0.3) is 0 Å². The molecule has 0 bridgehead atoms. The Balaban J connectivity index is 1.69. The third kappa shape index (κ3) is 6.14. The average Bonchev–Trinajstić information content (AvgIpc) is 2.78. The minimum Gasteiger partial charge on any atom is -0.385 e. The van der Waals surface area contributed by atoms with Gasteiger partial charge in [0.2, 0.25) is 11.8 Å². The lowest BCUT2D eigenvalue weighted by molar-refractivity contribution is -0.141. The van der Waals surface area contributed by atoms with Crippen molar-refractivity contribution in [3.05, 3.63) is 34.4 Å². The minimum absolute atomic E-state index is 0.0285. The van der Waals surface area contributed by atoms with E-state index in [0.717, 1.165) is 32.1 Å². The Bertz CT molecular complexity index is 846. The molecule has 33 heavy (non-hydrogen) atoms. The molecular formula is C26H39N3O4. The van der Waals surface area contributed by atoms with Crippen LogP contribution < -0.4 is 5.32 Å². The van der Waals surface area contributed by atoms with Crippen LogP contribution in [0.5, 0.6) is 0 Å². The highest BCUT2D eigenvalue weighted by Gasteiger charge is 2.46. The van der Waals surface area contributed by atoms with E-state index in [-0.39, 0.29) is 36.3 Å². The van der Waals surface area contributed by atoms with E-state index in [9.17, 15) is 14.4 Å². The summed E-state index contributed by atoms with van der Waals surface area (Å²) in [5.41, 5.74) is 4.75. The van der Waals surface area contributed by atoms with E-state index in [2.05, 4.69) is 38.2 Å². The lowest BCUT2D eigenvalue weighted by Crippen LogP contribution is -2.62. The predicted molar refractivity (Wildman–Crippen MR) is 128 cm³/mol. The molecule has 0 radical (unpaired) electrons. The fourth-order valence-corrected chi connectivity index (χ4v) is 5.31. The molecule has 4 amide bonds. The van der Waals surface area contributed by atoms with Crippen molar-refractivity contribution in [1.82, 2.24) is 15.1 Å². The molecule has 2 aliphatic rings. The molecule has 0 aromatic heterocycles. The van der Waals surface area contributed by atoms with Gasteiger partial charge in [-0.3, -0.25) is 14.5 Å². The van der Waals surface area contributed by atoms with Gasteiger partial charge in [-0.15, -0.1) is 0 Å². The van der Waals surface area contributed by atoms with Crippen molar-refractivity contribution in [2.75, 3.05) is 26.8 Å². The van der Waals surface area contributed by atoms with Crippen molar-refractivity contribution in [3.8, 4) is 0 Å². The number of imide groups is 1. The number of methoxy groups -OCH3 is 1. The zero-order chi connectivity index (χ0) is 24.0. The monoisotopic (exact) mass is 457 g/mol. The van der Waals surface area contributed by atoms with Gasteiger partial charge in [0.1, 0.15) is 0 Å². The van der Waals surface area contributed by atoms with Gasteiger partial charge in [0.15, 0.2) is 0 Å². The molecule has 7 nitrogen and oxygen atoms in total. The molecule has 1 saturated carbocycles. The van der Waals surface area contributed by atoms with Crippen molar-refractivity contribution in [2.24, 2.45) is 5.92 Å². The first kappa shape index (κ1) is 25.2. The van der Waals surface area contributed by atoms with Crippen molar-refractivity contribution in [2.45, 2.75) is 78.3 Å². The Hall–Kier alpha value is -2.41. The lowest BCUT2D eigenvalue weighted by atomic mass is 9.80. The largest absolute Gasteiger partial charge is 0.385 e. The van der Waals surface area contributed by atoms with Gasteiger partial charge in [-0.1, -0.05) is 30.5 Å². The average molecular weight is 458 g/mol. The molecule has 0 spiro atoms. The summed E-state index contributed by atoms with van der Waals surface area (Å²) in [6.45, 7) is 8.26. The second-order valence-corrected chi connectivity index (χ2v) is 9.54. The fourth-order valence-electron chi connectivity index (χ4n) is 5.31. The van der Waals surface area contributed by atoms with Crippen molar-refractivity contribution >= 4 is 17.8 Å².